The number of thioether (sulfide) groups is 2. The fraction of sp³-hybridized carbons (Fsp3) is 0.667. The highest BCUT2D eigenvalue weighted by Gasteiger charge is 2.38. The lowest BCUT2D eigenvalue weighted by molar-refractivity contribution is -0.160. The maximum Gasteiger partial charge on any atom is 0.338 e. The zero-order chi connectivity index (χ0) is 56.4. The summed E-state index contributed by atoms with van der Waals surface area (Å²) in [5.74, 6) is -3.68. The van der Waals surface area contributed by atoms with Crippen LogP contribution in [0.3, 0.4) is 0 Å². The Kier molecular flexibility index (Phi) is 27.3. The van der Waals surface area contributed by atoms with Gasteiger partial charge in [-0.25, -0.2) is 14.4 Å². The summed E-state index contributed by atoms with van der Waals surface area (Å²) >= 11 is 2.19. The molecule has 434 valence electrons. The molecule has 0 saturated heterocycles. The zero-order valence-electron chi connectivity index (χ0n) is 46.1. The summed E-state index contributed by atoms with van der Waals surface area (Å²) < 4.78 is 52.0. The van der Waals surface area contributed by atoms with Crippen LogP contribution in [0.1, 0.15) is 174 Å². The van der Waals surface area contributed by atoms with Gasteiger partial charge in [0.15, 0.2) is 0 Å². The average molecular weight is 1140 g/mol. The molecule has 0 bridgehead atoms. The maximum absolute atomic E-state index is 13.8. The third-order valence-corrected chi connectivity index (χ3v) is 17.9. The number of rotatable bonds is 30. The number of nitrogens with zero attached hydrogens (tertiary/aromatic N) is 1. The standard InChI is InChI=1S/C60H81NO16S2/c1-5-8-35-73-59(68)52(61-4)60-78-53-48(76-57(66)42-21-29-46(30-22-42)74-55(64)40-17-25-44(26-18-40)69-36-13-9-11-15-38-71-50(62)6-2)33-34-49(54(53)79-60)77-58(67)43-23-31-47(32-24-43)75-56(65)41-19-27-45(28-20-41)70-37-14-10-12-16-39-72-51(63)7-3/h6-7,33-34,40-47H,2-3,5,8-32,35-39H2,1H3. The van der Waals surface area contributed by atoms with Crippen molar-refractivity contribution in [1.29, 1.82) is 0 Å². The van der Waals surface area contributed by atoms with Crippen molar-refractivity contribution in [3.05, 3.63) is 58.8 Å². The van der Waals surface area contributed by atoms with Gasteiger partial charge in [-0.1, -0.05) is 62.9 Å². The lowest BCUT2D eigenvalue weighted by Gasteiger charge is -2.31. The first-order valence-corrected chi connectivity index (χ1v) is 30.5. The van der Waals surface area contributed by atoms with E-state index >= 15 is 0 Å². The van der Waals surface area contributed by atoms with Crippen molar-refractivity contribution in [1.82, 2.24) is 0 Å². The molecule has 4 fully saturated rings. The molecule has 0 atom stereocenters. The largest absolute Gasteiger partial charge is 0.471 e. The summed E-state index contributed by atoms with van der Waals surface area (Å²) in [5, 5.41) is 0. The lowest BCUT2D eigenvalue weighted by atomic mass is 9.86. The number of unbranched alkanes of at least 4 members (excludes halogenated alkanes) is 7. The van der Waals surface area contributed by atoms with Crippen molar-refractivity contribution in [2.45, 2.75) is 208 Å². The van der Waals surface area contributed by atoms with E-state index in [1.54, 1.807) is 12.1 Å². The van der Waals surface area contributed by atoms with Crippen molar-refractivity contribution < 1.29 is 76.2 Å². The summed E-state index contributed by atoms with van der Waals surface area (Å²) in [6.07, 6.45) is 20.7. The Morgan fingerprint density at radius 1 is 0.494 bits per heavy atom. The molecule has 5 aliphatic rings. The van der Waals surface area contributed by atoms with E-state index in [9.17, 15) is 33.6 Å². The molecular weight excluding hydrogens is 1050 g/mol. The molecule has 17 nitrogen and oxygen atoms in total. The van der Waals surface area contributed by atoms with Crippen LogP contribution in [-0.2, 0) is 66.7 Å². The van der Waals surface area contributed by atoms with E-state index < -0.39 is 41.7 Å². The summed E-state index contributed by atoms with van der Waals surface area (Å²) in [6.45, 7) is 18.9. The van der Waals surface area contributed by atoms with E-state index in [0.717, 1.165) is 119 Å². The second kappa shape index (κ2) is 34.2. The van der Waals surface area contributed by atoms with Crippen LogP contribution >= 0.6 is 23.5 Å². The average Bonchev–Trinajstić information content (AvgIpc) is 3.98. The minimum Gasteiger partial charge on any atom is -0.471 e. The number of benzene rings is 1. The van der Waals surface area contributed by atoms with Crippen molar-refractivity contribution in [2.75, 3.05) is 33.0 Å². The maximum atomic E-state index is 13.8. The van der Waals surface area contributed by atoms with Gasteiger partial charge in [0.25, 0.3) is 5.70 Å². The van der Waals surface area contributed by atoms with Gasteiger partial charge in [0, 0.05) is 25.4 Å². The lowest BCUT2D eigenvalue weighted by Crippen LogP contribution is -2.33. The first kappa shape index (κ1) is 63.0. The van der Waals surface area contributed by atoms with Gasteiger partial charge >= 0.3 is 41.8 Å². The molecule has 0 N–H and O–H groups in total. The van der Waals surface area contributed by atoms with Gasteiger partial charge in [0.1, 0.15) is 23.7 Å². The van der Waals surface area contributed by atoms with Crippen LogP contribution < -0.4 is 9.47 Å². The quantitative estimate of drug-likeness (QED) is 0.0175. The molecule has 19 heteroatoms. The molecule has 1 aliphatic heterocycles. The number of hydrogen-bond donors (Lipinski definition) is 0. The van der Waals surface area contributed by atoms with Crippen molar-refractivity contribution in [3.63, 3.8) is 0 Å². The minimum atomic E-state index is -0.759. The fourth-order valence-corrected chi connectivity index (χ4v) is 13.0. The Labute approximate surface area is 474 Å². The Morgan fingerprint density at radius 3 is 1.22 bits per heavy atom. The zero-order valence-corrected chi connectivity index (χ0v) is 47.7. The van der Waals surface area contributed by atoms with Gasteiger partial charge in [-0.2, -0.15) is 0 Å². The van der Waals surface area contributed by atoms with Crippen LogP contribution in [0.2, 0.25) is 0 Å². The van der Waals surface area contributed by atoms with Crippen LogP contribution in [-0.4, -0.2) is 99.2 Å². The summed E-state index contributed by atoms with van der Waals surface area (Å²) in [5.41, 5.74) is -0.212. The Bertz CT molecular complexity index is 2160. The number of ether oxygens (including phenoxy) is 9. The molecule has 4 saturated carbocycles. The molecule has 0 aromatic heterocycles. The van der Waals surface area contributed by atoms with Gasteiger partial charge in [-0.15, -0.1) is 0 Å². The SMILES string of the molecule is [C-]#[N+]C(C(=O)OCCCC)=C1Sc2c(OC(=O)C3CCC(OC(=O)C4CCC(OCCCCCCOC(=O)C=C)CC4)CC3)ccc(OC(=O)C3CCC(OC(=O)C4CCC(OCCCCCCOC(=O)C=C)CC4)CC3)c2S1. The van der Waals surface area contributed by atoms with Crippen LogP contribution in [0.4, 0.5) is 0 Å². The molecule has 1 aromatic carbocycles. The van der Waals surface area contributed by atoms with Crippen LogP contribution in [0.25, 0.3) is 4.85 Å². The topological polar surface area (TPSA) is 207 Å². The van der Waals surface area contributed by atoms with Crippen LogP contribution in [0, 0.1) is 30.2 Å². The summed E-state index contributed by atoms with van der Waals surface area (Å²) in [7, 11) is 0. The second-order valence-electron chi connectivity index (χ2n) is 21.1. The summed E-state index contributed by atoms with van der Waals surface area (Å²) in [6, 6.07) is 3.14. The highest BCUT2D eigenvalue weighted by Crippen LogP contribution is 2.59. The third-order valence-electron chi connectivity index (χ3n) is 15.3. The van der Waals surface area contributed by atoms with E-state index in [-0.39, 0.29) is 72.0 Å². The van der Waals surface area contributed by atoms with Crippen LogP contribution in [0.5, 0.6) is 11.5 Å². The number of esters is 7. The van der Waals surface area contributed by atoms with E-state index in [1.165, 1.54) is 0 Å². The van der Waals surface area contributed by atoms with Crippen molar-refractivity contribution >= 4 is 65.3 Å². The fourth-order valence-electron chi connectivity index (χ4n) is 10.5. The van der Waals surface area contributed by atoms with Crippen molar-refractivity contribution in [2.24, 2.45) is 23.7 Å². The minimum absolute atomic E-state index is 0.122. The monoisotopic (exact) mass is 1140 g/mol. The summed E-state index contributed by atoms with van der Waals surface area (Å²) in [4.78, 5) is 93.9. The second-order valence-corrected chi connectivity index (χ2v) is 23.4. The first-order chi connectivity index (χ1) is 38.4. The predicted octanol–water partition coefficient (Wildman–Crippen LogP) is 12.1. The van der Waals surface area contributed by atoms with Crippen LogP contribution in [0.15, 0.2) is 57.2 Å². The van der Waals surface area contributed by atoms with Gasteiger partial charge in [0.2, 0.25) is 0 Å². The van der Waals surface area contributed by atoms with Gasteiger partial charge in [0.05, 0.1) is 76.3 Å². The van der Waals surface area contributed by atoms with Gasteiger partial charge in [-0.3, -0.25) is 24.0 Å². The highest BCUT2D eigenvalue weighted by molar-refractivity contribution is 8.24. The van der Waals surface area contributed by atoms with E-state index in [4.69, 9.17) is 49.2 Å². The number of hydrogen-bond acceptors (Lipinski definition) is 18. The molecule has 79 heavy (non-hydrogen) atoms. The molecule has 6 rings (SSSR count). The third kappa shape index (κ3) is 20.7. The number of fused-ring (bicyclic) bond motifs is 1. The van der Waals surface area contributed by atoms with Gasteiger partial charge < -0.3 is 42.6 Å². The molecule has 0 amide bonds. The molecular formula is C60H81NO16S2. The highest BCUT2D eigenvalue weighted by atomic mass is 32.2. The van der Waals surface area contributed by atoms with E-state index in [0.29, 0.717) is 124 Å². The number of carbonyl (C=O) groups excluding carboxylic acids is 7. The Hall–Kier alpha value is -5.16. The molecule has 4 aliphatic carbocycles. The Morgan fingerprint density at radius 2 is 0.848 bits per heavy atom. The van der Waals surface area contributed by atoms with E-state index in [2.05, 4.69) is 18.0 Å². The molecule has 1 heterocycles. The molecule has 1 aromatic rings. The molecule has 0 radical (unpaired) electrons. The smallest absolute Gasteiger partial charge is 0.338 e. The molecule has 0 unspecified atom stereocenters. The predicted molar refractivity (Wildman–Crippen MR) is 295 cm³/mol. The number of carbonyl (C=O) groups is 7. The molecule has 0 spiro atoms. The van der Waals surface area contributed by atoms with E-state index in [1.807, 2.05) is 6.92 Å². The van der Waals surface area contributed by atoms with Gasteiger partial charge in [-0.05, 0) is 160 Å². The normalized spacial score (nSPS) is 23.6. The Balaban J connectivity index is 0.935. The van der Waals surface area contributed by atoms with Crippen molar-refractivity contribution in [3.8, 4) is 11.5 Å². The first-order valence-electron chi connectivity index (χ1n) is 28.9.